The number of benzene rings is 1. The predicted molar refractivity (Wildman–Crippen MR) is 141 cm³/mol. The van der Waals surface area contributed by atoms with Crippen LogP contribution in [0.25, 0.3) is 5.70 Å². The third-order valence-electron chi connectivity index (χ3n) is 7.25. The van der Waals surface area contributed by atoms with Gasteiger partial charge < -0.3 is 19.7 Å². The van der Waals surface area contributed by atoms with E-state index in [9.17, 15) is 4.79 Å². The van der Waals surface area contributed by atoms with Crippen LogP contribution in [0, 0.1) is 11.3 Å². The molecule has 7 heteroatoms. The fourth-order valence-electron chi connectivity index (χ4n) is 5.23. The summed E-state index contributed by atoms with van der Waals surface area (Å²) in [6.07, 6.45) is 7.31. The predicted octanol–water partition coefficient (Wildman–Crippen LogP) is 4.25. The average Bonchev–Trinajstić information content (AvgIpc) is 3.23. The summed E-state index contributed by atoms with van der Waals surface area (Å²) in [4.78, 5) is 19.8. The van der Waals surface area contributed by atoms with Gasteiger partial charge in [-0.1, -0.05) is 19.6 Å². The summed E-state index contributed by atoms with van der Waals surface area (Å²) >= 11 is 0. The van der Waals surface area contributed by atoms with Crippen LogP contribution < -0.4 is 10.1 Å². The number of ether oxygens (including phenoxy) is 1. The number of rotatable bonds is 11. The molecule has 2 atom stereocenters. The summed E-state index contributed by atoms with van der Waals surface area (Å²) in [5.41, 5.74) is 5.70. The van der Waals surface area contributed by atoms with Crippen molar-refractivity contribution in [2.75, 3.05) is 20.2 Å². The number of fused-ring (bicyclic) bond motifs is 1. The lowest BCUT2D eigenvalue weighted by atomic mass is 10.0. The normalized spacial score (nSPS) is 18.3. The second-order valence-corrected chi connectivity index (χ2v) is 9.52. The molecule has 0 saturated carbocycles. The van der Waals surface area contributed by atoms with Gasteiger partial charge in [-0.3, -0.25) is 4.90 Å². The number of pyridine rings is 1. The molecule has 1 N–H and O–H groups in total. The highest BCUT2D eigenvalue weighted by molar-refractivity contribution is 5.70. The molecule has 0 aliphatic carbocycles. The van der Waals surface area contributed by atoms with E-state index in [1.54, 1.807) is 6.20 Å². The second kappa shape index (κ2) is 11.9. The van der Waals surface area contributed by atoms with E-state index >= 15 is 0 Å². The van der Waals surface area contributed by atoms with Crippen LogP contribution in [-0.4, -0.2) is 53.4 Å². The summed E-state index contributed by atoms with van der Waals surface area (Å²) in [5, 5.41) is 12.3. The first-order valence-electron chi connectivity index (χ1n) is 12.6. The van der Waals surface area contributed by atoms with Crippen LogP contribution >= 0.6 is 0 Å². The minimum absolute atomic E-state index is 0.00926. The van der Waals surface area contributed by atoms with E-state index in [1.165, 1.54) is 18.4 Å². The first kappa shape index (κ1) is 25.5. The van der Waals surface area contributed by atoms with Gasteiger partial charge in [0.2, 0.25) is 0 Å². The molecule has 0 radical (unpaired) electrons. The number of likely N-dealkylation sites (N-methyl/N-ethyl adjacent to an activating group) is 1. The molecule has 0 amide bonds. The van der Waals surface area contributed by atoms with Gasteiger partial charge in [-0.05, 0) is 67.3 Å². The van der Waals surface area contributed by atoms with Crippen molar-refractivity contribution < 1.29 is 9.53 Å². The van der Waals surface area contributed by atoms with Crippen molar-refractivity contribution in [3.8, 4) is 11.8 Å². The van der Waals surface area contributed by atoms with E-state index < -0.39 is 0 Å². The van der Waals surface area contributed by atoms with E-state index in [4.69, 9.17) is 10.00 Å². The zero-order valence-corrected chi connectivity index (χ0v) is 21.1. The SMILES string of the molecule is C=C(NC)C(CCC=O)N1Cc2cc(OCC3CCCCN3Cc3ccnc(C#N)c3)ccc2C1=C. The lowest BCUT2D eigenvalue weighted by Gasteiger charge is -2.35. The van der Waals surface area contributed by atoms with E-state index in [0.717, 1.165) is 54.1 Å². The zero-order chi connectivity index (χ0) is 25.5. The highest BCUT2D eigenvalue weighted by atomic mass is 16.5. The zero-order valence-electron chi connectivity index (χ0n) is 21.1. The fraction of sp³-hybridized carbons (Fsp3) is 0.414. The van der Waals surface area contributed by atoms with Gasteiger partial charge in [-0.25, -0.2) is 4.98 Å². The molecule has 2 unspecified atom stereocenters. The van der Waals surface area contributed by atoms with Gasteiger partial charge in [-0.2, -0.15) is 5.26 Å². The number of carbonyl (C=O) groups excluding carboxylic acids is 1. The molecule has 0 spiro atoms. The Balaban J connectivity index is 1.41. The Morgan fingerprint density at radius 1 is 1.36 bits per heavy atom. The molecule has 3 heterocycles. The number of aldehydes is 1. The highest BCUT2D eigenvalue weighted by Gasteiger charge is 2.30. The van der Waals surface area contributed by atoms with Crippen molar-refractivity contribution in [1.29, 1.82) is 5.26 Å². The molecule has 4 rings (SSSR count). The smallest absolute Gasteiger partial charge is 0.140 e. The fourth-order valence-corrected chi connectivity index (χ4v) is 5.23. The Morgan fingerprint density at radius 2 is 2.22 bits per heavy atom. The van der Waals surface area contributed by atoms with Crippen molar-refractivity contribution in [3.63, 3.8) is 0 Å². The summed E-state index contributed by atoms with van der Waals surface area (Å²) in [7, 11) is 1.86. The molecule has 2 aromatic rings. The van der Waals surface area contributed by atoms with E-state index in [2.05, 4.69) is 51.5 Å². The molecule has 1 fully saturated rings. The second-order valence-electron chi connectivity index (χ2n) is 9.52. The Labute approximate surface area is 214 Å². The monoisotopic (exact) mass is 485 g/mol. The Bertz CT molecular complexity index is 1150. The molecule has 188 valence electrons. The third-order valence-corrected chi connectivity index (χ3v) is 7.25. The number of hydrogen-bond acceptors (Lipinski definition) is 7. The van der Waals surface area contributed by atoms with E-state index in [1.807, 2.05) is 25.2 Å². The highest BCUT2D eigenvalue weighted by Crippen LogP contribution is 2.37. The molecule has 7 nitrogen and oxygen atoms in total. The molecule has 36 heavy (non-hydrogen) atoms. The Kier molecular flexibility index (Phi) is 8.40. The van der Waals surface area contributed by atoms with Crippen molar-refractivity contribution in [2.24, 2.45) is 0 Å². The summed E-state index contributed by atoms with van der Waals surface area (Å²) < 4.78 is 6.32. The largest absolute Gasteiger partial charge is 0.492 e. The molecular formula is C29H35N5O2. The first-order valence-corrected chi connectivity index (χ1v) is 12.6. The maximum absolute atomic E-state index is 11.0. The van der Waals surface area contributed by atoms with Crippen molar-refractivity contribution in [2.45, 2.75) is 57.3 Å². The van der Waals surface area contributed by atoms with Crippen LogP contribution in [0.3, 0.4) is 0 Å². The summed E-state index contributed by atoms with van der Waals surface area (Å²) in [5.74, 6) is 0.862. The van der Waals surface area contributed by atoms with Crippen molar-refractivity contribution >= 4 is 12.0 Å². The Morgan fingerprint density at radius 3 is 3.00 bits per heavy atom. The number of nitrogens with zero attached hydrogens (tertiary/aromatic N) is 4. The average molecular weight is 486 g/mol. The topological polar surface area (TPSA) is 81.5 Å². The maximum Gasteiger partial charge on any atom is 0.140 e. The number of aromatic nitrogens is 1. The number of nitriles is 1. The molecular weight excluding hydrogens is 450 g/mol. The minimum Gasteiger partial charge on any atom is -0.492 e. The quantitative estimate of drug-likeness (QED) is 0.477. The van der Waals surface area contributed by atoms with Gasteiger partial charge in [0.25, 0.3) is 0 Å². The van der Waals surface area contributed by atoms with E-state index in [0.29, 0.717) is 37.7 Å². The molecule has 0 bridgehead atoms. The van der Waals surface area contributed by atoms with Gasteiger partial charge in [0.15, 0.2) is 0 Å². The third kappa shape index (κ3) is 5.77. The Hall–Kier alpha value is -3.63. The molecule has 2 aliphatic heterocycles. The lowest BCUT2D eigenvalue weighted by molar-refractivity contribution is -0.108. The molecule has 2 aliphatic rings. The minimum atomic E-state index is 0.00926. The van der Waals surface area contributed by atoms with Crippen LogP contribution in [0.5, 0.6) is 5.75 Å². The first-order chi connectivity index (χ1) is 17.5. The van der Waals surface area contributed by atoms with Gasteiger partial charge in [0.05, 0.1) is 6.04 Å². The number of hydrogen-bond donors (Lipinski definition) is 1. The van der Waals surface area contributed by atoms with E-state index in [-0.39, 0.29) is 6.04 Å². The number of carbonyl (C=O) groups is 1. The standard InChI is InChI=1S/C29H35N5O2/c1-21(31-3)29(8-6-14-35)34-19-24-16-27(9-10-28(24)22(34)2)36-20-26-7-4-5-13-33(26)18-23-11-12-32-25(15-23)17-30/h9-12,14-16,26,29,31H,1-2,4-8,13,18-20H2,3H3. The molecule has 1 aromatic carbocycles. The van der Waals surface area contributed by atoms with Crippen LogP contribution in [0.15, 0.2) is 55.4 Å². The van der Waals surface area contributed by atoms with Crippen molar-refractivity contribution in [1.82, 2.24) is 20.1 Å². The van der Waals surface area contributed by atoms with Gasteiger partial charge in [-0.15, -0.1) is 0 Å². The van der Waals surface area contributed by atoms with Gasteiger partial charge >= 0.3 is 0 Å². The summed E-state index contributed by atoms with van der Waals surface area (Å²) in [6, 6.07) is 12.5. The summed E-state index contributed by atoms with van der Waals surface area (Å²) in [6.45, 7) is 11.6. The van der Waals surface area contributed by atoms with Gasteiger partial charge in [0.1, 0.15) is 30.4 Å². The van der Waals surface area contributed by atoms with Crippen molar-refractivity contribution in [3.05, 3.63) is 77.8 Å². The number of likely N-dealkylation sites (tertiary alicyclic amines) is 1. The van der Waals surface area contributed by atoms with Crippen LogP contribution in [0.4, 0.5) is 0 Å². The van der Waals surface area contributed by atoms with Crippen LogP contribution in [-0.2, 0) is 17.9 Å². The van der Waals surface area contributed by atoms with Crippen LogP contribution in [0.2, 0.25) is 0 Å². The molecule has 1 saturated heterocycles. The number of piperidine rings is 1. The van der Waals surface area contributed by atoms with Crippen LogP contribution in [0.1, 0.15) is 54.5 Å². The lowest BCUT2D eigenvalue weighted by Crippen LogP contribution is -2.42. The maximum atomic E-state index is 11.0. The number of nitrogens with one attached hydrogen (secondary N) is 1. The molecule has 1 aromatic heterocycles. The van der Waals surface area contributed by atoms with Gasteiger partial charge in [0, 0.05) is 55.8 Å².